The van der Waals surface area contributed by atoms with Crippen molar-refractivity contribution < 1.29 is 38.3 Å². The molecule has 20 nitrogen and oxygen atoms in total. The molecule has 0 aliphatic heterocycles. The zero-order valence-electron chi connectivity index (χ0n) is 36.4. The molecule has 0 spiro atoms. The molecule has 0 radical (unpaired) electrons. The van der Waals surface area contributed by atoms with Crippen LogP contribution in [0.2, 0.25) is 0 Å². The summed E-state index contributed by atoms with van der Waals surface area (Å²) in [7, 11) is 1.71. The summed E-state index contributed by atoms with van der Waals surface area (Å²) in [6, 6.07) is -0.990. The number of likely N-dealkylation sites (N-methyl/N-ethyl adjacent to an activating group) is 4. The number of alkyl halides is 2. The van der Waals surface area contributed by atoms with Crippen LogP contribution in [0.3, 0.4) is 0 Å². The minimum atomic E-state index is -0.516. The molecule has 0 aromatic carbocycles. The number of hydrogen-bond acceptors (Lipinski definition) is 13. The van der Waals surface area contributed by atoms with E-state index in [0.29, 0.717) is 62.6 Å². The Morgan fingerprint density at radius 2 is 0.867 bits per heavy atom. The summed E-state index contributed by atoms with van der Waals surface area (Å²) in [5.74, 6) is -1.29. The number of carbonyl (C=O) groups is 7. The van der Waals surface area contributed by atoms with Crippen molar-refractivity contribution in [2.24, 2.45) is 28.7 Å². The second-order valence-corrected chi connectivity index (χ2v) is 14.1. The van der Waals surface area contributed by atoms with Crippen molar-refractivity contribution in [2.75, 3.05) is 63.5 Å². The molecule has 7 amide bonds. The van der Waals surface area contributed by atoms with Crippen LogP contribution in [0.4, 0.5) is 4.79 Å². The van der Waals surface area contributed by atoms with E-state index >= 15 is 0 Å². The third kappa shape index (κ3) is 44.2. The first-order valence-electron chi connectivity index (χ1n) is 20.5. The molecular formula is C38H78Br2N12O8. The van der Waals surface area contributed by atoms with Crippen molar-refractivity contribution in [3.8, 4) is 0 Å². The van der Waals surface area contributed by atoms with Crippen LogP contribution < -0.4 is 65.9 Å². The molecule has 0 aromatic heterocycles. The van der Waals surface area contributed by atoms with Gasteiger partial charge in [-0.25, -0.2) is 4.79 Å². The minimum absolute atomic E-state index is 0.0156. The van der Waals surface area contributed by atoms with E-state index in [1.165, 1.54) is 0 Å². The van der Waals surface area contributed by atoms with E-state index in [2.05, 4.69) is 80.4 Å². The van der Waals surface area contributed by atoms with Gasteiger partial charge in [0.05, 0.1) is 41.1 Å². The molecule has 0 aliphatic rings. The number of hydrogen-bond donors (Lipinski definition) is 12. The predicted molar refractivity (Wildman–Crippen MR) is 245 cm³/mol. The Morgan fingerprint density at radius 3 is 1.13 bits per heavy atom. The molecule has 4 unspecified atom stereocenters. The Labute approximate surface area is 374 Å². The molecule has 0 aromatic rings. The van der Waals surface area contributed by atoms with E-state index in [4.69, 9.17) is 28.7 Å². The number of unbranched alkanes of at least 4 members (excludes halogenated alkanes) is 4. The Morgan fingerprint density at radius 1 is 0.550 bits per heavy atom. The van der Waals surface area contributed by atoms with Gasteiger partial charge < -0.3 is 70.6 Å². The first kappa shape index (κ1) is 63.2. The molecule has 352 valence electrons. The van der Waals surface area contributed by atoms with E-state index in [1.807, 2.05) is 20.8 Å². The van der Waals surface area contributed by atoms with Gasteiger partial charge in [0.2, 0.25) is 35.4 Å². The number of halogens is 2. The third-order valence-electron chi connectivity index (χ3n) is 8.13. The summed E-state index contributed by atoms with van der Waals surface area (Å²) in [6.45, 7) is 13.8. The van der Waals surface area contributed by atoms with Crippen LogP contribution in [0.1, 0.15) is 97.8 Å². The topological polar surface area (TPSA) is 343 Å². The first-order chi connectivity index (χ1) is 28.6. The molecule has 0 heterocycles. The highest BCUT2D eigenvalue weighted by Crippen LogP contribution is 2.02. The lowest BCUT2D eigenvalue weighted by Gasteiger charge is -2.13. The maximum absolute atomic E-state index is 11.0. The number of carbonyl (C=O) groups excluding carboxylic acids is 7. The first-order valence-corrected chi connectivity index (χ1v) is 22.8. The van der Waals surface area contributed by atoms with E-state index in [9.17, 15) is 33.6 Å². The van der Waals surface area contributed by atoms with Gasteiger partial charge in [0, 0.05) is 19.6 Å². The normalized spacial score (nSPS) is 12.1. The zero-order chi connectivity index (χ0) is 46.6. The van der Waals surface area contributed by atoms with Crippen LogP contribution in [0, 0.1) is 0 Å². The van der Waals surface area contributed by atoms with Crippen LogP contribution in [0.25, 0.3) is 0 Å². The molecule has 22 heteroatoms. The molecule has 0 saturated carbocycles. The fourth-order valence-corrected chi connectivity index (χ4v) is 5.37. The highest BCUT2D eigenvalue weighted by Gasteiger charge is 2.15. The minimum Gasteiger partial charge on any atom is -0.419 e. The molecule has 17 N–H and O–H groups in total. The van der Waals surface area contributed by atoms with Crippen molar-refractivity contribution in [3.05, 3.63) is 12.8 Å². The Hall–Kier alpha value is -3.41. The molecule has 0 aliphatic carbocycles. The van der Waals surface area contributed by atoms with Crippen LogP contribution in [0.15, 0.2) is 12.8 Å². The Balaban J connectivity index is -0.000000351. The summed E-state index contributed by atoms with van der Waals surface area (Å²) in [5, 5.41) is 20.6. The molecule has 0 fully saturated rings. The molecular weight excluding hydrogens is 912 g/mol. The van der Waals surface area contributed by atoms with Crippen LogP contribution in [-0.2, 0) is 33.5 Å². The summed E-state index contributed by atoms with van der Waals surface area (Å²) in [6.07, 6.45) is 10.3. The average molecular weight is 991 g/mol. The molecule has 4 atom stereocenters. The van der Waals surface area contributed by atoms with Gasteiger partial charge in [-0.05, 0) is 104 Å². The fourth-order valence-electron chi connectivity index (χ4n) is 4.97. The number of nitrogens with one attached hydrogen (secondary N) is 7. The van der Waals surface area contributed by atoms with E-state index in [1.54, 1.807) is 7.05 Å². The van der Waals surface area contributed by atoms with E-state index in [-0.39, 0.29) is 59.6 Å². The van der Waals surface area contributed by atoms with Crippen molar-refractivity contribution in [1.29, 1.82) is 0 Å². The third-order valence-corrected chi connectivity index (χ3v) is 9.14. The maximum atomic E-state index is 11.0. The summed E-state index contributed by atoms with van der Waals surface area (Å²) in [5.41, 5.74) is 26.1. The van der Waals surface area contributed by atoms with Gasteiger partial charge in [0.25, 0.3) is 0 Å². The number of primary amides is 4. The van der Waals surface area contributed by atoms with Gasteiger partial charge in [-0.3, -0.25) is 28.8 Å². The van der Waals surface area contributed by atoms with Gasteiger partial charge in [-0.15, -0.1) is 0 Å². The summed E-state index contributed by atoms with van der Waals surface area (Å²) < 4.78 is 4.47. The van der Waals surface area contributed by atoms with E-state index < -0.39 is 6.09 Å². The summed E-state index contributed by atoms with van der Waals surface area (Å²) >= 11 is 6.12. The van der Waals surface area contributed by atoms with E-state index in [0.717, 1.165) is 77.1 Å². The monoisotopic (exact) mass is 988 g/mol. The highest BCUT2D eigenvalue weighted by atomic mass is 79.9. The zero-order valence-corrected chi connectivity index (χ0v) is 39.5. The maximum Gasteiger partial charge on any atom is 0.411 e. The number of alkyl carbamates (subject to hydrolysis) is 1. The lowest BCUT2D eigenvalue weighted by molar-refractivity contribution is -0.121. The van der Waals surface area contributed by atoms with Crippen LogP contribution in [0.5, 0.6) is 0 Å². The Kier molecular flexibility index (Phi) is 49.2. The highest BCUT2D eigenvalue weighted by molar-refractivity contribution is 9.09. The van der Waals surface area contributed by atoms with Gasteiger partial charge in [-0.2, -0.15) is 0 Å². The second-order valence-electron chi connectivity index (χ2n) is 13.0. The van der Waals surface area contributed by atoms with Crippen LogP contribution >= 0.6 is 31.9 Å². The Bertz CT molecular complexity index is 1160. The van der Waals surface area contributed by atoms with Gasteiger partial charge in [0.1, 0.15) is 0 Å². The SMILES string of the molecule is C=COC(=O)NCCCCC(NCC)C(N)=O.CCNC(CCCCN)C(N)=O.CCNC(CCCCNC(=O)CBr)C(N)=O.CNC(CCCCNC(=O)CBr)C(N)=O. The fraction of sp³-hybridized carbons (Fsp3) is 0.763. The lowest BCUT2D eigenvalue weighted by atomic mass is 10.1. The van der Waals surface area contributed by atoms with Gasteiger partial charge in [-0.1, -0.05) is 65.6 Å². The smallest absolute Gasteiger partial charge is 0.411 e. The number of nitrogens with two attached hydrogens (primary N) is 5. The molecule has 0 saturated heterocycles. The molecule has 60 heavy (non-hydrogen) atoms. The quantitative estimate of drug-likeness (QED) is 0.0233. The largest absolute Gasteiger partial charge is 0.419 e. The number of rotatable bonds is 33. The van der Waals surface area contributed by atoms with Gasteiger partial charge >= 0.3 is 6.09 Å². The lowest BCUT2D eigenvalue weighted by Crippen LogP contribution is -2.41. The predicted octanol–water partition coefficient (Wildman–Crippen LogP) is -0.0591. The van der Waals surface area contributed by atoms with Crippen molar-refractivity contribution in [2.45, 2.75) is 122 Å². The van der Waals surface area contributed by atoms with Crippen molar-refractivity contribution in [3.63, 3.8) is 0 Å². The standard InChI is InChI=1S/C11H21N3O3.C10H20BrN3O2.C9H18BrN3O2.C8H19N3O/c1-3-13-9(10(12)15)7-5-6-8-14-11(16)17-4-2;1-2-13-8(10(12)16)5-3-4-6-14-9(15)7-11;1-12-7(9(11)15)4-2-3-5-13-8(14)6-10;1-2-11-7(8(10)12)5-3-4-6-9/h4,9,13H,2-3,5-8H2,1H3,(H2,12,15)(H,14,16);8,13H,2-7H2,1H3,(H2,12,16)(H,14,15);7,12H,2-6H2,1H3,(H2,11,15)(H,13,14);7,11H,2-6,9H2,1H3,(H2,10,12). The average Bonchev–Trinajstić information content (AvgIpc) is 3.21. The molecule has 0 bridgehead atoms. The number of amides is 7. The molecule has 0 rings (SSSR count). The second kappa shape index (κ2) is 46.7. The van der Waals surface area contributed by atoms with Crippen molar-refractivity contribution in [1.82, 2.24) is 37.2 Å². The number of ether oxygens (including phenoxy) is 1. The summed E-state index contributed by atoms with van der Waals surface area (Å²) in [4.78, 5) is 76.2. The van der Waals surface area contributed by atoms with Crippen LogP contribution in [-0.4, -0.2) is 129 Å². The van der Waals surface area contributed by atoms with Gasteiger partial charge in [0.15, 0.2) is 0 Å². The van der Waals surface area contributed by atoms with Crippen molar-refractivity contribution >= 4 is 73.4 Å².